The monoisotopic (exact) mass is 279 g/mol. The van der Waals surface area contributed by atoms with Crippen LogP contribution in [0, 0.1) is 0 Å². The van der Waals surface area contributed by atoms with Gasteiger partial charge in [-0.25, -0.2) is 0 Å². The number of rotatable bonds is 9. The van der Waals surface area contributed by atoms with Gasteiger partial charge in [-0.3, -0.25) is 5.32 Å². The molecule has 1 aromatic rings. The fraction of sp³-hybridized carbons (Fsp3) is 0.500. The molecule has 3 unspecified atom stereocenters. The van der Waals surface area contributed by atoms with Crippen molar-refractivity contribution in [2.45, 2.75) is 45.6 Å². The van der Waals surface area contributed by atoms with Crippen LogP contribution in [0.15, 0.2) is 36.9 Å². The Balaban J connectivity index is 2.80. The highest BCUT2D eigenvalue weighted by Crippen LogP contribution is 2.28. The van der Waals surface area contributed by atoms with Crippen LogP contribution in [0.25, 0.3) is 0 Å². The van der Waals surface area contributed by atoms with Crippen molar-refractivity contribution in [2.75, 3.05) is 6.54 Å². The molecule has 112 valence electrons. The van der Waals surface area contributed by atoms with Gasteiger partial charge in [-0.1, -0.05) is 31.7 Å². The van der Waals surface area contributed by atoms with Crippen LogP contribution < -0.4 is 14.8 Å². The fourth-order valence-corrected chi connectivity index (χ4v) is 1.63. The summed E-state index contributed by atoms with van der Waals surface area (Å²) >= 11 is 0. The number of para-hydroxylation sites is 2. The van der Waals surface area contributed by atoms with Crippen molar-refractivity contribution in [1.29, 1.82) is 0 Å². The highest BCUT2D eigenvalue weighted by atomic mass is 16.5. The van der Waals surface area contributed by atoms with E-state index in [4.69, 9.17) is 9.47 Å². The van der Waals surface area contributed by atoms with E-state index >= 15 is 0 Å². The molecule has 0 spiro atoms. The van der Waals surface area contributed by atoms with Gasteiger partial charge in [0.25, 0.3) is 0 Å². The molecular formula is C16H25NO3. The van der Waals surface area contributed by atoms with Gasteiger partial charge in [0.15, 0.2) is 17.7 Å². The molecule has 0 aromatic heterocycles. The average Bonchev–Trinajstić information content (AvgIpc) is 2.44. The second-order valence-corrected chi connectivity index (χ2v) is 4.74. The number of hydrogen-bond donors (Lipinski definition) is 2. The zero-order chi connectivity index (χ0) is 15.0. The second kappa shape index (κ2) is 8.61. The molecular weight excluding hydrogens is 254 g/mol. The van der Waals surface area contributed by atoms with E-state index in [-0.39, 0.29) is 6.10 Å². The van der Waals surface area contributed by atoms with Gasteiger partial charge in [0, 0.05) is 0 Å². The van der Waals surface area contributed by atoms with E-state index in [1.54, 1.807) is 13.0 Å². The molecule has 1 rings (SSSR count). The average molecular weight is 279 g/mol. The molecule has 0 fully saturated rings. The van der Waals surface area contributed by atoms with Crippen LogP contribution >= 0.6 is 0 Å². The summed E-state index contributed by atoms with van der Waals surface area (Å²) in [4.78, 5) is 0. The van der Waals surface area contributed by atoms with Gasteiger partial charge in [0.1, 0.15) is 12.2 Å². The van der Waals surface area contributed by atoms with Gasteiger partial charge < -0.3 is 14.6 Å². The largest absolute Gasteiger partial charge is 0.483 e. The first kappa shape index (κ1) is 16.5. The Bertz CT molecular complexity index is 406. The summed E-state index contributed by atoms with van der Waals surface area (Å²) in [5, 5.41) is 12.9. The Morgan fingerprint density at radius 3 is 2.35 bits per heavy atom. The van der Waals surface area contributed by atoms with Crippen LogP contribution in [0.5, 0.6) is 11.5 Å². The molecule has 0 saturated heterocycles. The Morgan fingerprint density at radius 1 is 1.25 bits per heavy atom. The summed E-state index contributed by atoms with van der Waals surface area (Å²) < 4.78 is 11.6. The molecule has 4 nitrogen and oxygen atoms in total. The molecule has 3 atom stereocenters. The van der Waals surface area contributed by atoms with Crippen LogP contribution in [0.3, 0.4) is 0 Å². The van der Waals surface area contributed by atoms with Crippen molar-refractivity contribution in [2.24, 2.45) is 0 Å². The van der Waals surface area contributed by atoms with Crippen molar-refractivity contribution in [3.63, 3.8) is 0 Å². The van der Waals surface area contributed by atoms with E-state index in [2.05, 4.69) is 18.8 Å². The quantitative estimate of drug-likeness (QED) is 0.539. The molecule has 0 aliphatic heterocycles. The number of ether oxygens (including phenoxy) is 2. The van der Waals surface area contributed by atoms with Crippen molar-refractivity contribution >= 4 is 0 Å². The third kappa shape index (κ3) is 5.23. The summed E-state index contributed by atoms with van der Waals surface area (Å²) in [6, 6.07) is 7.43. The van der Waals surface area contributed by atoms with E-state index in [1.165, 1.54) is 0 Å². The lowest BCUT2D eigenvalue weighted by atomic mass is 10.3. The summed E-state index contributed by atoms with van der Waals surface area (Å²) in [6.45, 7) is 10.1. The lowest BCUT2D eigenvalue weighted by Crippen LogP contribution is -2.43. The molecule has 1 aromatic carbocycles. The van der Waals surface area contributed by atoms with E-state index in [0.29, 0.717) is 11.5 Å². The molecule has 0 saturated carbocycles. The standard InChI is InChI=1S/C16H25NO3/c1-5-11-17-16(13(4)18)20-15-10-8-7-9-14(15)19-12(3)6-2/h6-10,12-13,16-18H,2,5,11H2,1,3-4H3. The van der Waals surface area contributed by atoms with Crippen molar-refractivity contribution in [3.05, 3.63) is 36.9 Å². The van der Waals surface area contributed by atoms with E-state index in [1.807, 2.05) is 31.2 Å². The maximum atomic E-state index is 9.77. The molecule has 0 radical (unpaired) electrons. The predicted octanol–water partition coefficient (Wildman–Crippen LogP) is 2.73. The first-order chi connectivity index (χ1) is 9.58. The highest BCUT2D eigenvalue weighted by molar-refractivity contribution is 5.40. The summed E-state index contributed by atoms with van der Waals surface area (Å²) in [7, 11) is 0. The minimum absolute atomic E-state index is 0.103. The summed E-state index contributed by atoms with van der Waals surface area (Å²) in [5.74, 6) is 1.25. The number of aliphatic hydroxyl groups is 1. The molecule has 0 aliphatic carbocycles. The van der Waals surface area contributed by atoms with Gasteiger partial charge in [0.2, 0.25) is 0 Å². The van der Waals surface area contributed by atoms with Crippen LogP contribution in [0.1, 0.15) is 27.2 Å². The van der Waals surface area contributed by atoms with Gasteiger partial charge in [-0.15, -0.1) is 0 Å². The number of nitrogens with one attached hydrogen (secondary N) is 1. The van der Waals surface area contributed by atoms with Crippen LogP contribution in [0.4, 0.5) is 0 Å². The van der Waals surface area contributed by atoms with Crippen LogP contribution in [-0.2, 0) is 0 Å². The second-order valence-electron chi connectivity index (χ2n) is 4.74. The Hall–Kier alpha value is -1.52. The zero-order valence-corrected chi connectivity index (χ0v) is 12.5. The van der Waals surface area contributed by atoms with Gasteiger partial charge in [-0.05, 0) is 38.9 Å². The maximum absolute atomic E-state index is 9.77. The highest BCUT2D eigenvalue weighted by Gasteiger charge is 2.18. The van der Waals surface area contributed by atoms with Crippen LogP contribution in [-0.4, -0.2) is 30.1 Å². The van der Waals surface area contributed by atoms with E-state index in [0.717, 1.165) is 13.0 Å². The zero-order valence-electron chi connectivity index (χ0n) is 12.5. The van der Waals surface area contributed by atoms with Gasteiger partial charge >= 0.3 is 0 Å². The van der Waals surface area contributed by atoms with Crippen molar-refractivity contribution in [3.8, 4) is 11.5 Å². The predicted molar refractivity (Wildman–Crippen MR) is 81.1 cm³/mol. The molecule has 0 amide bonds. The van der Waals surface area contributed by atoms with Crippen LogP contribution in [0.2, 0.25) is 0 Å². The Kier molecular flexibility index (Phi) is 7.12. The summed E-state index contributed by atoms with van der Waals surface area (Å²) in [5.41, 5.74) is 0. The Morgan fingerprint density at radius 2 is 1.85 bits per heavy atom. The molecule has 0 aliphatic rings. The Labute approximate surface area is 121 Å². The first-order valence-electron chi connectivity index (χ1n) is 7.04. The normalized spacial score (nSPS) is 15.2. The fourth-order valence-electron chi connectivity index (χ4n) is 1.63. The third-order valence-corrected chi connectivity index (χ3v) is 2.78. The van der Waals surface area contributed by atoms with Crippen molar-refractivity contribution < 1.29 is 14.6 Å². The van der Waals surface area contributed by atoms with E-state index in [9.17, 15) is 5.11 Å². The van der Waals surface area contributed by atoms with Gasteiger partial charge in [-0.2, -0.15) is 0 Å². The lowest BCUT2D eigenvalue weighted by molar-refractivity contribution is 0.0249. The van der Waals surface area contributed by atoms with Crippen molar-refractivity contribution in [1.82, 2.24) is 5.32 Å². The molecule has 2 N–H and O–H groups in total. The number of hydrogen-bond acceptors (Lipinski definition) is 4. The third-order valence-electron chi connectivity index (χ3n) is 2.78. The molecule has 0 heterocycles. The topological polar surface area (TPSA) is 50.7 Å². The minimum Gasteiger partial charge on any atom is -0.483 e. The number of aliphatic hydroxyl groups excluding tert-OH is 1. The number of benzene rings is 1. The smallest absolute Gasteiger partial charge is 0.176 e. The molecule has 4 heteroatoms. The first-order valence-corrected chi connectivity index (χ1v) is 7.04. The van der Waals surface area contributed by atoms with Gasteiger partial charge in [0.05, 0.1) is 0 Å². The van der Waals surface area contributed by atoms with E-state index < -0.39 is 12.3 Å². The minimum atomic E-state index is -0.619. The SMILES string of the molecule is C=CC(C)Oc1ccccc1OC(NCCC)C(C)O. The molecule has 0 bridgehead atoms. The summed E-state index contributed by atoms with van der Waals surface area (Å²) in [6.07, 6.45) is 1.51. The lowest BCUT2D eigenvalue weighted by Gasteiger charge is -2.24. The molecule has 20 heavy (non-hydrogen) atoms. The maximum Gasteiger partial charge on any atom is 0.176 e.